The molecular formula is C24H19N5S. The average Bonchev–Trinajstić information content (AvgIpc) is 3.59. The number of aromatic nitrogens is 3. The molecule has 3 N–H and O–H groups in total. The number of nitrogens with two attached hydrogens (primary N) is 1. The Labute approximate surface area is 179 Å². The van der Waals surface area contributed by atoms with E-state index in [-0.39, 0.29) is 0 Å². The highest BCUT2D eigenvalue weighted by Gasteiger charge is 2.22. The molecule has 0 spiro atoms. The van der Waals surface area contributed by atoms with Gasteiger partial charge in [0.05, 0.1) is 5.56 Å². The van der Waals surface area contributed by atoms with Gasteiger partial charge in [-0.15, -0.1) is 11.8 Å². The normalized spacial score (nSPS) is 12.9. The first-order chi connectivity index (χ1) is 14.7. The van der Waals surface area contributed by atoms with Crippen molar-refractivity contribution in [2.45, 2.75) is 23.0 Å². The fourth-order valence-corrected chi connectivity index (χ4v) is 4.08. The third kappa shape index (κ3) is 4.22. The van der Waals surface area contributed by atoms with Crippen molar-refractivity contribution in [3.63, 3.8) is 0 Å². The molecule has 0 saturated heterocycles. The summed E-state index contributed by atoms with van der Waals surface area (Å²) in [4.78, 5) is 14.4. The molecule has 5 nitrogen and oxygen atoms in total. The maximum absolute atomic E-state index is 5.89. The van der Waals surface area contributed by atoms with Gasteiger partial charge in [-0.3, -0.25) is 0 Å². The number of hydrogen-bond donors (Lipinski definition) is 2. The summed E-state index contributed by atoms with van der Waals surface area (Å²) in [5, 5.41) is 6.10. The molecule has 146 valence electrons. The summed E-state index contributed by atoms with van der Waals surface area (Å²) in [5.41, 5.74) is 8.26. The Kier molecular flexibility index (Phi) is 4.96. The summed E-state index contributed by atoms with van der Waals surface area (Å²) in [6.07, 6.45) is 7.89. The molecule has 1 fully saturated rings. The topological polar surface area (TPSA) is 76.7 Å². The van der Waals surface area contributed by atoms with E-state index in [1.807, 2.05) is 42.2 Å². The zero-order chi connectivity index (χ0) is 20.3. The highest BCUT2D eigenvalue weighted by Crippen LogP contribution is 2.39. The number of hydrogen-bond acceptors (Lipinski definition) is 6. The quantitative estimate of drug-likeness (QED) is 0.462. The second-order valence-electron chi connectivity index (χ2n) is 7.10. The van der Waals surface area contributed by atoms with Gasteiger partial charge in [0.15, 0.2) is 0 Å². The van der Waals surface area contributed by atoms with Gasteiger partial charge in [0, 0.05) is 45.2 Å². The molecule has 3 heterocycles. The largest absolute Gasteiger partial charge is 0.383 e. The van der Waals surface area contributed by atoms with Crippen molar-refractivity contribution in [3.05, 3.63) is 78.4 Å². The van der Waals surface area contributed by atoms with Gasteiger partial charge >= 0.3 is 0 Å². The second-order valence-corrected chi connectivity index (χ2v) is 8.48. The number of nitrogen functional groups attached to an aromatic ring is 1. The van der Waals surface area contributed by atoms with Gasteiger partial charge < -0.3 is 11.1 Å². The standard InChI is InChI=1S/C24H19N5S/c25-24-16(2-1-12-27-24)3-10-22-21-14-23(28-15-17(21)11-13-26-22)29-18-4-6-19(7-5-18)30-20-8-9-20/h1-2,4-7,11-15,20H,8-9H2,(H2,25,27)(H,28,29). The van der Waals surface area contributed by atoms with Crippen molar-refractivity contribution in [1.82, 2.24) is 15.0 Å². The predicted molar refractivity (Wildman–Crippen MR) is 123 cm³/mol. The van der Waals surface area contributed by atoms with Crippen LogP contribution in [-0.4, -0.2) is 20.2 Å². The molecule has 0 atom stereocenters. The van der Waals surface area contributed by atoms with Gasteiger partial charge in [0.1, 0.15) is 17.3 Å². The summed E-state index contributed by atoms with van der Waals surface area (Å²) in [7, 11) is 0. The highest BCUT2D eigenvalue weighted by atomic mass is 32.2. The molecule has 0 unspecified atom stereocenters. The number of benzene rings is 1. The van der Waals surface area contributed by atoms with Gasteiger partial charge in [-0.2, -0.15) is 0 Å². The molecular weight excluding hydrogens is 390 g/mol. The van der Waals surface area contributed by atoms with E-state index in [1.54, 1.807) is 12.4 Å². The SMILES string of the molecule is Nc1ncccc1C#Cc1nccc2cnc(Nc3ccc(SC4CC4)cc3)cc12. The molecule has 0 aliphatic heterocycles. The van der Waals surface area contributed by atoms with E-state index >= 15 is 0 Å². The summed E-state index contributed by atoms with van der Waals surface area (Å²) < 4.78 is 0. The first kappa shape index (κ1) is 18.5. The van der Waals surface area contributed by atoms with Crippen molar-refractivity contribution in [1.29, 1.82) is 0 Å². The van der Waals surface area contributed by atoms with Crippen LogP contribution < -0.4 is 11.1 Å². The maximum atomic E-state index is 5.89. The van der Waals surface area contributed by atoms with Crippen molar-refractivity contribution in [3.8, 4) is 11.8 Å². The molecule has 0 radical (unpaired) electrons. The van der Waals surface area contributed by atoms with Gasteiger partial charge in [-0.05, 0) is 67.3 Å². The Morgan fingerprint density at radius 3 is 2.63 bits per heavy atom. The Bertz CT molecular complexity index is 1270. The molecule has 0 bridgehead atoms. The molecule has 5 rings (SSSR count). The smallest absolute Gasteiger partial charge is 0.139 e. The minimum absolute atomic E-state index is 0.414. The molecule has 6 heteroatoms. The second kappa shape index (κ2) is 8.05. The zero-order valence-corrected chi connectivity index (χ0v) is 17.0. The fraction of sp³-hybridized carbons (Fsp3) is 0.125. The number of rotatable bonds is 4. The van der Waals surface area contributed by atoms with Gasteiger partial charge in [0.2, 0.25) is 0 Å². The van der Waals surface area contributed by atoms with E-state index < -0.39 is 0 Å². The van der Waals surface area contributed by atoms with Crippen molar-refractivity contribution in [2.24, 2.45) is 0 Å². The lowest BCUT2D eigenvalue weighted by atomic mass is 10.1. The average molecular weight is 410 g/mol. The van der Waals surface area contributed by atoms with E-state index in [4.69, 9.17) is 5.73 Å². The zero-order valence-electron chi connectivity index (χ0n) is 16.2. The van der Waals surface area contributed by atoms with Gasteiger partial charge in [0.25, 0.3) is 0 Å². The molecule has 1 aromatic carbocycles. The van der Waals surface area contributed by atoms with E-state index in [0.29, 0.717) is 17.1 Å². The first-order valence-corrected chi connectivity index (χ1v) is 10.6. The molecule has 3 aromatic heterocycles. The minimum Gasteiger partial charge on any atom is -0.383 e. The van der Waals surface area contributed by atoms with Crippen molar-refractivity contribution in [2.75, 3.05) is 11.1 Å². The van der Waals surface area contributed by atoms with Crippen LogP contribution >= 0.6 is 11.8 Å². The van der Waals surface area contributed by atoms with Crippen LogP contribution in [0.15, 0.2) is 72.0 Å². The van der Waals surface area contributed by atoms with Crippen LogP contribution in [-0.2, 0) is 0 Å². The number of fused-ring (bicyclic) bond motifs is 1. The highest BCUT2D eigenvalue weighted by molar-refractivity contribution is 8.00. The van der Waals surface area contributed by atoms with Crippen LogP contribution in [0, 0.1) is 11.8 Å². The van der Waals surface area contributed by atoms with Crippen molar-refractivity contribution < 1.29 is 0 Å². The number of pyridine rings is 3. The van der Waals surface area contributed by atoms with Crippen LogP contribution in [0.5, 0.6) is 0 Å². The van der Waals surface area contributed by atoms with Gasteiger partial charge in [-0.1, -0.05) is 5.92 Å². The predicted octanol–water partition coefficient (Wildman–Crippen LogP) is 5.00. The summed E-state index contributed by atoms with van der Waals surface area (Å²) in [6.45, 7) is 0. The Morgan fingerprint density at radius 1 is 0.967 bits per heavy atom. The molecule has 1 aliphatic carbocycles. The molecule has 1 saturated carbocycles. The third-order valence-corrected chi connectivity index (χ3v) is 6.10. The first-order valence-electron chi connectivity index (χ1n) is 9.76. The molecule has 4 aromatic rings. The van der Waals surface area contributed by atoms with Crippen molar-refractivity contribution >= 4 is 39.9 Å². The molecule has 1 aliphatic rings. The van der Waals surface area contributed by atoms with Gasteiger partial charge in [-0.25, -0.2) is 15.0 Å². The van der Waals surface area contributed by atoms with Crippen LogP contribution in [0.1, 0.15) is 24.1 Å². The van der Waals surface area contributed by atoms with Crippen LogP contribution in [0.4, 0.5) is 17.3 Å². The summed E-state index contributed by atoms with van der Waals surface area (Å²) in [5.74, 6) is 7.37. The Hall–Kier alpha value is -3.56. The van der Waals surface area contributed by atoms with Crippen LogP contribution in [0.25, 0.3) is 10.8 Å². The molecule has 30 heavy (non-hydrogen) atoms. The van der Waals surface area contributed by atoms with Crippen LogP contribution in [0.2, 0.25) is 0 Å². The van der Waals surface area contributed by atoms with E-state index in [0.717, 1.165) is 27.5 Å². The van der Waals surface area contributed by atoms with E-state index in [1.165, 1.54) is 17.7 Å². The third-order valence-electron chi connectivity index (χ3n) is 4.76. The summed E-state index contributed by atoms with van der Waals surface area (Å²) >= 11 is 1.95. The number of nitrogens with zero attached hydrogens (tertiary/aromatic N) is 3. The lowest BCUT2D eigenvalue weighted by Crippen LogP contribution is -1.95. The number of thioether (sulfide) groups is 1. The monoisotopic (exact) mass is 409 g/mol. The van der Waals surface area contributed by atoms with Crippen LogP contribution in [0.3, 0.4) is 0 Å². The Morgan fingerprint density at radius 2 is 1.83 bits per heavy atom. The lowest BCUT2D eigenvalue weighted by Gasteiger charge is -2.08. The Balaban J connectivity index is 1.42. The summed E-state index contributed by atoms with van der Waals surface area (Å²) in [6, 6.07) is 16.1. The number of nitrogens with one attached hydrogen (secondary N) is 1. The maximum Gasteiger partial charge on any atom is 0.139 e. The van der Waals surface area contributed by atoms with E-state index in [2.05, 4.69) is 56.4 Å². The minimum atomic E-state index is 0.414. The molecule has 0 amide bonds. The fourth-order valence-electron chi connectivity index (χ4n) is 3.03. The number of anilines is 3. The lowest BCUT2D eigenvalue weighted by molar-refractivity contribution is 1.29. The van der Waals surface area contributed by atoms with E-state index in [9.17, 15) is 0 Å².